The number of rotatable bonds is 3. The first kappa shape index (κ1) is 11.5. The van der Waals surface area contributed by atoms with E-state index < -0.39 is 0 Å². The monoisotopic (exact) mass is 225 g/mol. The third kappa shape index (κ3) is 2.41. The van der Waals surface area contributed by atoms with Gasteiger partial charge in [-0.3, -0.25) is 14.5 Å². The van der Waals surface area contributed by atoms with Crippen LogP contribution in [-0.4, -0.2) is 61.4 Å². The van der Waals surface area contributed by atoms with Crippen molar-refractivity contribution in [3.8, 4) is 0 Å². The molecule has 0 bridgehead atoms. The molecule has 0 aromatic carbocycles. The van der Waals surface area contributed by atoms with Gasteiger partial charge in [0.25, 0.3) is 0 Å². The number of hydrogen-bond donors (Lipinski definition) is 1. The number of amides is 2. The maximum atomic E-state index is 11.7. The van der Waals surface area contributed by atoms with Crippen LogP contribution in [0.1, 0.15) is 12.8 Å². The van der Waals surface area contributed by atoms with E-state index in [-0.39, 0.29) is 17.7 Å². The molecule has 16 heavy (non-hydrogen) atoms. The minimum Gasteiger partial charge on any atom is -0.314 e. The molecule has 0 radical (unpaired) electrons. The molecule has 2 rings (SSSR count). The van der Waals surface area contributed by atoms with E-state index in [1.807, 2.05) is 0 Å². The number of hydrogen-bond acceptors (Lipinski definition) is 4. The predicted octanol–water partition coefficient (Wildman–Crippen LogP) is -0.713. The lowest BCUT2D eigenvalue weighted by atomic mass is 10.0. The van der Waals surface area contributed by atoms with Gasteiger partial charge in [0.15, 0.2) is 0 Å². The Kier molecular flexibility index (Phi) is 3.56. The highest BCUT2D eigenvalue weighted by Crippen LogP contribution is 2.21. The second-order valence-electron chi connectivity index (χ2n) is 4.57. The third-order valence-corrected chi connectivity index (χ3v) is 3.48. The van der Waals surface area contributed by atoms with Gasteiger partial charge in [0, 0.05) is 45.6 Å². The number of nitrogens with zero attached hydrogens (tertiary/aromatic N) is 2. The summed E-state index contributed by atoms with van der Waals surface area (Å²) in [5.74, 6) is -0.108. The average molecular weight is 225 g/mol. The summed E-state index contributed by atoms with van der Waals surface area (Å²) in [4.78, 5) is 26.6. The van der Waals surface area contributed by atoms with Gasteiger partial charge in [-0.05, 0) is 13.0 Å². The van der Waals surface area contributed by atoms with Crippen LogP contribution >= 0.6 is 0 Å². The zero-order valence-electron chi connectivity index (χ0n) is 9.74. The van der Waals surface area contributed by atoms with Crippen LogP contribution in [0.15, 0.2) is 0 Å². The topological polar surface area (TPSA) is 52.7 Å². The summed E-state index contributed by atoms with van der Waals surface area (Å²) < 4.78 is 0. The first-order valence-corrected chi connectivity index (χ1v) is 5.92. The van der Waals surface area contributed by atoms with Gasteiger partial charge in [-0.1, -0.05) is 0 Å². The van der Waals surface area contributed by atoms with E-state index in [0.29, 0.717) is 6.42 Å². The Morgan fingerprint density at radius 2 is 2.00 bits per heavy atom. The van der Waals surface area contributed by atoms with Gasteiger partial charge in [-0.2, -0.15) is 0 Å². The lowest BCUT2D eigenvalue weighted by Gasteiger charge is -2.27. The normalized spacial score (nSPS) is 27.8. The molecule has 1 N–H and O–H groups in total. The molecule has 2 saturated heterocycles. The summed E-state index contributed by atoms with van der Waals surface area (Å²) in [6.45, 7) is 5.07. The smallest absolute Gasteiger partial charge is 0.232 e. The van der Waals surface area contributed by atoms with Crippen LogP contribution in [0.25, 0.3) is 0 Å². The first-order valence-electron chi connectivity index (χ1n) is 5.92. The predicted molar refractivity (Wildman–Crippen MR) is 59.8 cm³/mol. The number of carbonyl (C=O) groups is 2. The Labute approximate surface area is 95.8 Å². The summed E-state index contributed by atoms with van der Waals surface area (Å²) in [6.07, 6.45) is 1.22. The molecule has 0 aliphatic carbocycles. The van der Waals surface area contributed by atoms with Crippen molar-refractivity contribution >= 4 is 11.8 Å². The van der Waals surface area contributed by atoms with E-state index in [4.69, 9.17) is 0 Å². The van der Waals surface area contributed by atoms with Crippen LogP contribution in [0.3, 0.4) is 0 Å². The molecule has 5 heteroatoms. The molecular formula is C11H19N3O2. The van der Waals surface area contributed by atoms with Gasteiger partial charge < -0.3 is 10.2 Å². The molecule has 5 nitrogen and oxygen atoms in total. The molecule has 0 saturated carbocycles. The van der Waals surface area contributed by atoms with Crippen LogP contribution in [0.2, 0.25) is 0 Å². The lowest BCUT2D eigenvalue weighted by molar-refractivity contribution is -0.137. The summed E-state index contributed by atoms with van der Waals surface area (Å²) in [5, 5.41) is 3.29. The van der Waals surface area contributed by atoms with Crippen molar-refractivity contribution in [3.63, 3.8) is 0 Å². The van der Waals surface area contributed by atoms with Gasteiger partial charge in [0.05, 0.1) is 0 Å². The third-order valence-electron chi connectivity index (χ3n) is 3.48. The van der Waals surface area contributed by atoms with E-state index in [1.54, 1.807) is 7.05 Å². The molecule has 0 aromatic rings. The number of carbonyl (C=O) groups excluding carboxylic acids is 2. The van der Waals surface area contributed by atoms with Crippen LogP contribution in [-0.2, 0) is 9.59 Å². The molecule has 1 atom stereocenters. The summed E-state index contributed by atoms with van der Waals surface area (Å²) >= 11 is 0. The minimum atomic E-state index is -0.0765. The molecule has 2 aliphatic rings. The number of imide groups is 1. The van der Waals surface area contributed by atoms with Crippen LogP contribution < -0.4 is 5.32 Å². The zero-order chi connectivity index (χ0) is 11.5. The van der Waals surface area contributed by atoms with Crippen molar-refractivity contribution in [1.82, 2.24) is 15.1 Å². The van der Waals surface area contributed by atoms with Gasteiger partial charge in [0.1, 0.15) is 0 Å². The standard InChI is InChI=1S/C11H19N3O2/c1-13-10(15)8-9(11(13)16)2-5-14-6-3-12-4-7-14/h9,12H,2-8H2,1H3. The van der Waals surface area contributed by atoms with Crippen LogP contribution in [0, 0.1) is 5.92 Å². The van der Waals surface area contributed by atoms with Gasteiger partial charge in [-0.15, -0.1) is 0 Å². The fourth-order valence-electron chi connectivity index (χ4n) is 2.33. The first-order chi connectivity index (χ1) is 7.68. The average Bonchev–Trinajstić information content (AvgIpc) is 2.56. The maximum Gasteiger partial charge on any atom is 0.232 e. The molecular weight excluding hydrogens is 206 g/mol. The molecule has 1 unspecified atom stereocenters. The second kappa shape index (κ2) is 4.93. The van der Waals surface area contributed by atoms with Crippen molar-refractivity contribution < 1.29 is 9.59 Å². The van der Waals surface area contributed by atoms with Gasteiger partial charge >= 0.3 is 0 Å². The van der Waals surface area contributed by atoms with Crippen LogP contribution in [0.5, 0.6) is 0 Å². The van der Waals surface area contributed by atoms with E-state index in [9.17, 15) is 9.59 Å². The van der Waals surface area contributed by atoms with Crippen molar-refractivity contribution in [2.24, 2.45) is 5.92 Å². The van der Waals surface area contributed by atoms with E-state index in [2.05, 4.69) is 10.2 Å². The second-order valence-corrected chi connectivity index (χ2v) is 4.57. The van der Waals surface area contributed by atoms with Crippen molar-refractivity contribution in [1.29, 1.82) is 0 Å². The van der Waals surface area contributed by atoms with Crippen molar-refractivity contribution in [3.05, 3.63) is 0 Å². The molecule has 0 spiro atoms. The van der Waals surface area contributed by atoms with E-state index in [0.717, 1.165) is 39.1 Å². The molecule has 2 amide bonds. The molecule has 2 heterocycles. The van der Waals surface area contributed by atoms with E-state index >= 15 is 0 Å². The quantitative estimate of drug-likeness (QED) is 0.645. The molecule has 2 aliphatic heterocycles. The highest BCUT2D eigenvalue weighted by atomic mass is 16.2. The Balaban J connectivity index is 1.77. The van der Waals surface area contributed by atoms with Crippen molar-refractivity contribution in [2.45, 2.75) is 12.8 Å². The van der Waals surface area contributed by atoms with Crippen LogP contribution in [0.4, 0.5) is 0 Å². The number of likely N-dealkylation sites (tertiary alicyclic amines) is 1. The Hall–Kier alpha value is -0.940. The minimum absolute atomic E-state index is 0.000124. The Morgan fingerprint density at radius 3 is 2.56 bits per heavy atom. The zero-order valence-corrected chi connectivity index (χ0v) is 9.74. The molecule has 90 valence electrons. The highest BCUT2D eigenvalue weighted by Gasteiger charge is 2.35. The fourth-order valence-corrected chi connectivity index (χ4v) is 2.33. The van der Waals surface area contributed by atoms with Gasteiger partial charge in [-0.25, -0.2) is 0 Å². The summed E-state index contributed by atoms with van der Waals surface area (Å²) in [7, 11) is 1.58. The Morgan fingerprint density at radius 1 is 1.31 bits per heavy atom. The Bertz CT molecular complexity index is 287. The largest absolute Gasteiger partial charge is 0.314 e. The van der Waals surface area contributed by atoms with Crippen molar-refractivity contribution in [2.75, 3.05) is 39.8 Å². The molecule has 2 fully saturated rings. The molecule has 0 aromatic heterocycles. The summed E-state index contributed by atoms with van der Waals surface area (Å²) in [6, 6.07) is 0. The van der Waals surface area contributed by atoms with E-state index in [1.165, 1.54) is 4.90 Å². The number of piperazine rings is 1. The SMILES string of the molecule is CN1C(=O)CC(CCN2CCNCC2)C1=O. The maximum absolute atomic E-state index is 11.7. The lowest BCUT2D eigenvalue weighted by Crippen LogP contribution is -2.44. The highest BCUT2D eigenvalue weighted by molar-refractivity contribution is 6.03. The summed E-state index contributed by atoms with van der Waals surface area (Å²) in [5.41, 5.74) is 0. The number of nitrogens with one attached hydrogen (secondary N) is 1. The van der Waals surface area contributed by atoms with Gasteiger partial charge in [0.2, 0.25) is 11.8 Å². The fraction of sp³-hybridized carbons (Fsp3) is 0.818.